The maximum absolute atomic E-state index is 9.30. The van der Waals surface area contributed by atoms with E-state index in [0.717, 1.165) is 44.0 Å². The van der Waals surface area contributed by atoms with Gasteiger partial charge in [-0.25, -0.2) is 4.98 Å². The minimum atomic E-state index is 0.695. The zero-order valence-corrected chi connectivity index (χ0v) is 15.1. The molecule has 0 amide bonds. The van der Waals surface area contributed by atoms with E-state index in [-0.39, 0.29) is 0 Å². The van der Waals surface area contributed by atoms with Crippen molar-refractivity contribution in [3.8, 4) is 6.07 Å². The van der Waals surface area contributed by atoms with E-state index in [1.54, 1.807) is 6.20 Å². The average Bonchev–Trinajstić information content (AvgIpc) is 2.69. The van der Waals surface area contributed by atoms with Crippen LogP contribution in [0.3, 0.4) is 0 Å². The summed E-state index contributed by atoms with van der Waals surface area (Å²) < 4.78 is 0. The Morgan fingerprint density at radius 3 is 2.72 bits per heavy atom. The van der Waals surface area contributed by atoms with E-state index in [0.29, 0.717) is 5.56 Å². The molecule has 25 heavy (non-hydrogen) atoms. The van der Waals surface area contributed by atoms with Gasteiger partial charge in [0.2, 0.25) is 0 Å². The van der Waals surface area contributed by atoms with Crippen LogP contribution in [0.25, 0.3) is 0 Å². The Morgan fingerprint density at radius 1 is 1.04 bits per heavy atom. The maximum atomic E-state index is 9.30. The molecule has 5 nitrogen and oxygen atoms in total. The van der Waals surface area contributed by atoms with Crippen molar-refractivity contribution in [1.29, 1.82) is 5.26 Å². The number of piperidine rings is 2. The van der Waals surface area contributed by atoms with Gasteiger partial charge < -0.3 is 9.80 Å². The molecule has 0 aromatic carbocycles. The number of fused-ring (bicyclic) bond motifs is 1. The molecule has 3 fully saturated rings. The summed E-state index contributed by atoms with van der Waals surface area (Å²) in [5.41, 5.74) is 0.695. The second-order valence-corrected chi connectivity index (χ2v) is 7.78. The van der Waals surface area contributed by atoms with E-state index < -0.39 is 0 Å². The summed E-state index contributed by atoms with van der Waals surface area (Å²) in [6.07, 6.45) is 8.79. The van der Waals surface area contributed by atoms with Gasteiger partial charge in [0.05, 0.1) is 5.56 Å². The van der Waals surface area contributed by atoms with Gasteiger partial charge in [-0.15, -0.1) is 0 Å². The lowest BCUT2D eigenvalue weighted by atomic mass is 9.83. The van der Waals surface area contributed by atoms with E-state index >= 15 is 0 Å². The molecule has 3 aliphatic rings. The lowest BCUT2D eigenvalue weighted by Gasteiger charge is -2.46. The van der Waals surface area contributed by atoms with Gasteiger partial charge in [-0.1, -0.05) is 6.42 Å². The van der Waals surface area contributed by atoms with Crippen molar-refractivity contribution < 1.29 is 0 Å². The number of pyridine rings is 1. The number of hydrogen-bond acceptors (Lipinski definition) is 5. The molecule has 0 aliphatic carbocycles. The molecule has 2 atom stereocenters. The number of anilines is 1. The van der Waals surface area contributed by atoms with Gasteiger partial charge in [0, 0.05) is 45.0 Å². The first kappa shape index (κ1) is 16.8. The topological polar surface area (TPSA) is 46.4 Å². The van der Waals surface area contributed by atoms with Crippen molar-refractivity contribution in [3.05, 3.63) is 23.9 Å². The highest BCUT2D eigenvalue weighted by molar-refractivity contribution is 5.53. The molecule has 0 N–H and O–H groups in total. The quantitative estimate of drug-likeness (QED) is 0.846. The average molecular weight is 339 g/mol. The maximum Gasteiger partial charge on any atom is 0.146 e. The Labute approximate surface area is 151 Å². The summed E-state index contributed by atoms with van der Waals surface area (Å²) in [7, 11) is 0. The van der Waals surface area contributed by atoms with Crippen molar-refractivity contribution in [2.75, 3.05) is 50.7 Å². The van der Waals surface area contributed by atoms with Crippen LogP contribution in [0.15, 0.2) is 18.3 Å². The first-order chi connectivity index (χ1) is 12.3. The van der Waals surface area contributed by atoms with Crippen molar-refractivity contribution in [2.45, 2.75) is 38.1 Å². The molecule has 1 aromatic heterocycles. The van der Waals surface area contributed by atoms with Crippen LogP contribution in [-0.4, -0.2) is 66.6 Å². The third kappa shape index (κ3) is 3.65. The molecule has 0 bridgehead atoms. The van der Waals surface area contributed by atoms with Crippen molar-refractivity contribution in [2.24, 2.45) is 5.92 Å². The highest BCUT2D eigenvalue weighted by atomic mass is 15.3. The van der Waals surface area contributed by atoms with Gasteiger partial charge in [-0.05, 0) is 56.8 Å². The van der Waals surface area contributed by atoms with Crippen LogP contribution in [0, 0.1) is 17.2 Å². The van der Waals surface area contributed by atoms with Crippen LogP contribution in [0.1, 0.15) is 37.7 Å². The molecular weight excluding hydrogens is 310 g/mol. The fraction of sp³-hybridized carbons (Fsp3) is 0.700. The third-order valence-electron chi connectivity index (χ3n) is 6.30. The normalized spacial score (nSPS) is 28.4. The van der Waals surface area contributed by atoms with Gasteiger partial charge in [-0.2, -0.15) is 5.26 Å². The van der Waals surface area contributed by atoms with Crippen LogP contribution in [-0.2, 0) is 0 Å². The van der Waals surface area contributed by atoms with Crippen LogP contribution in [0.4, 0.5) is 5.82 Å². The summed E-state index contributed by atoms with van der Waals surface area (Å²) in [5, 5.41) is 9.30. The Kier molecular flexibility index (Phi) is 5.19. The lowest BCUT2D eigenvalue weighted by Crippen LogP contribution is -2.54. The standard InChI is InChI=1S/C20H29N5/c21-15-17-5-3-8-22-20(17)25-13-11-23(12-14-25)16-18-6-4-10-24-9-2-1-7-19(18)24/h3,5,8,18-19H,1-2,4,6-7,9-14,16H2/t18-,19+/m0/s1. The van der Waals surface area contributed by atoms with E-state index in [2.05, 4.69) is 25.8 Å². The molecule has 4 rings (SSSR count). The van der Waals surface area contributed by atoms with Crippen LogP contribution in [0.5, 0.6) is 0 Å². The van der Waals surface area contributed by atoms with Gasteiger partial charge in [-0.3, -0.25) is 4.90 Å². The van der Waals surface area contributed by atoms with Crippen LogP contribution >= 0.6 is 0 Å². The highest BCUT2D eigenvalue weighted by Gasteiger charge is 2.34. The third-order valence-corrected chi connectivity index (χ3v) is 6.30. The van der Waals surface area contributed by atoms with Gasteiger partial charge in [0.1, 0.15) is 11.9 Å². The zero-order chi connectivity index (χ0) is 17.1. The summed E-state index contributed by atoms with van der Waals surface area (Å²) in [6.45, 7) is 8.04. The summed E-state index contributed by atoms with van der Waals surface area (Å²) in [6, 6.07) is 6.83. The Bertz CT molecular complexity index is 615. The van der Waals surface area contributed by atoms with E-state index in [9.17, 15) is 5.26 Å². The Hall–Kier alpha value is -1.64. The molecule has 0 unspecified atom stereocenters. The SMILES string of the molecule is N#Cc1cccnc1N1CCN(C[C@@H]2CCCN3CCCC[C@H]23)CC1. The second kappa shape index (κ2) is 7.72. The van der Waals surface area contributed by atoms with Crippen LogP contribution < -0.4 is 4.90 Å². The molecular formula is C20H29N5. The smallest absolute Gasteiger partial charge is 0.146 e. The minimum Gasteiger partial charge on any atom is -0.353 e. The van der Waals surface area contributed by atoms with Gasteiger partial charge >= 0.3 is 0 Å². The number of rotatable bonds is 3. The van der Waals surface area contributed by atoms with E-state index in [4.69, 9.17) is 0 Å². The Balaban J connectivity index is 1.34. The number of hydrogen-bond donors (Lipinski definition) is 0. The van der Waals surface area contributed by atoms with Crippen molar-refractivity contribution in [3.63, 3.8) is 0 Å². The first-order valence-corrected chi connectivity index (χ1v) is 9.91. The first-order valence-electron chi connectivity index (χ1n) is 9.91. The van der Waals surface area contributed by atoms with Crippen molar-refractivity contribution in [1.82, 2.24) is 14.8 Å². The number of piperazine rings is 1. The summed E-state index contributed by atoms with van der Waals surface area (Å²) in [5.74, 6) is 1.71. The summed E-state index contributed by atoms with van der Waals surface area (Å²) in [4.78, 5) is 12.1. The summed E-state index contributed by atoms with van der Waals surface area (Å²) >= 11 is 0. The number of aromatic nitrogens is 1. The van der Waals surface area contributed by atoms with Crippen molar-refractivity contribution >= 4 is 5.82 Å². The molecule has 134 valence electrons. The van der Waals surface area contributed by atoms with E-state index in [1.165, 1.54) is 51.7 Å². The van der Waals surface area contributed by atoms with Gasteiger partial charge in [0.25, 0.3) is 0 Å². The van der Waals surface area contributed by atoms with Crippen LogP contribution in [0.2, 0.25) is 0 Å². The van der Waals surface area contributed by atoms with Gasteiger partial charge in [0.15, 0.2) is 0 Å². The molecule has 4 heterocycles. The predicted molar refractivity (Wildman–Crippen MR) is 99.5 cm³/mol. The largest absolute Gasteiger partial charge is 0.353 e. The number of nitrogens with zero attached hydrogens (tertiary/aromatic N) is 5. The highest BCUT2D eigenvalue weighted by Crippen LogP contribution is 2.31. The minimum absolute atomic E-state index is 0.695. The second-order valence-electron chi connectivity index (χ2n) is 7.78. The monoisotopic (exact) mass is 339 g/mol. The molecule has 0 radical (unpaired) electrons. The lowest BCUT2D eigenvalue weighted by molar-refractivity contribution is 0.0394. The van der Waals surface area contributed by atoms with E-state index in [1.807, 2.05) is 12.1 Å². The Morgan fingerprint density at radius 2 is 1.88 bits per heavy atom. The fourth-order valence-corrected chi connectivity index (χ4v) is 5.00. The molecule has 0 saturated carbocycles. The number of nitriles is 1. The zero-order valence-electron chi connectivity index (χ0n) is 15.1. The molecule has 5 heteroatoms. The molecule has 0 spiro atoms. The fourth-order valence-electron chi connectivity index (χ4n) is 5.00. The molecule has 3 aliphatic heterocycles. The molecule has 1 aromatic rings. The predicted octanol–water partition coefficient (Wildman–Crippen LogP) is 2.34. The molecule has 3 saturated heterocycles.